The zero-order chi connectivity index (χ0) is 36.8. The molecule has 0 radical (unpaired) electrons. The summed E-state index contributed by atoms with van der Waals surface area (Å²) in [7, 11) is 0. The summed E-state index contributed by atoms with van der Waals surface area (Å²) < 4.78 is 39.7. The molecule has 3 amide bonds. The van der Waals surface area contributed by atoms with E-state index in [2.05, 4.69) is 5.32 Å². The normalized spacial score (nSPS) is 17.3. The zero-order valence-electron chi connectivity index (χ0n) is 29.1. The van der Waals surface area contributed by atoms with Gasteiger partial charge in [0.15, 0.2) is 0 Å². The van der Waals surface area contributed by atoms with Gasteiger partial charge in [0.25, 0.3) is 5.91 Å². The summed E-state index contributed by atoms with van der Waals surface area (Å²) in [5.74, 6) is -2.45. The molecule has 4 aromatic rings. The SMILES string of the molecule is CCCC[C@H](C(N)=O)[C@@H](CC1CCC1)C(=O)NC1N=C(c2ccccc2)c2ccccc2N(Cc2cccc(-c3ccc(C(F)(F)F)cc3)c2)C1=O. The molecule has 0 aromatic heterocycles. The number of para-hydroxylation sites is 1. The van der Waals surface area contributed by atoms with Crippen LogP contribution in [-0.4, -0.2) is 29.6 Å². The van der Waals surface area contributed by atoms with E-state index in [1.54, 1.807) is 17.0 Å². The number of amides is 3. The summed E-state index contributed by atoms with van der Waals surface area (Å²) in [5.41, 5.74) is 9.78. The molecule has 270 valence electrons. The van der Waals surface area contributed by atoms with Crippen LogP contribution in [0.4, 0.5) is 18.9 Å². The Labute approximate surface area is 302 Å². The number of anilines is 1. The van der Waals surface area contributed by atoms with E-state index in [0.717, 1.165) is 55.4 Å². The number of alkyl halides is 3. The summed E-state index contributed by atoms with van der Waals surface area (Å²) in [4.78, 5) is 48.3. The van der Waals surface area contributed by atoms with Crippen LogP contribution in [0.3, 0.4) is 0 Å². The Bertz CT molecular complexity index is 1920. The highest BCUT2D eigenvalue weighted by Gasteiger charge is 2.39. The second-order valence-corrected chi connectivity index (χ2v) is 13.8. The first kappa shape index (κ1) is 36.5. The highest BCUT2D eigenvalue weighted by Crippen LogP contribution is 2.37. The van der Waals surface area contributed by atoms with Crippen LogP contribution in [0.1, 0.15) is 74.1 Å². The summed E-state index contributed by atoms with van der Waals surface area (Å²) in [6.45, 7) is 2.12. The molecule has 1 unspecified atom stereocenters. The van der Waals surface area contributed by atoms with Gasteiger partial charge in [-0.05, 0) is 59.7 Å². The third-order valence-electron chi connectivity index (χ3n) is 10.2. The van der Waals surface area contributed by atoms with Gasteiger partial charge in [0.1, 0.15) is 0 Å². The number of nitrogens with two attached hydrogens (primary N) is 1. The number of fused-ring (bicyclic) bond motifs is 1. The largest absolute Gasteiger partial charge is 0.416 e. The minimum absolute atomic E-state index is 0.0974. The van der Waals surface area contributed by atoms with Crippen LogP contribution >= 0.6 is 0 Å². The van der Waals surface area contributed by atoms with E-state index in [1.165, 1.54) is 12.1 Å². The first-order valence-electron chi connectivity index (χ1n) is 17.9. The second kappa shape index (κ2) is 16.0. The number of aliphatic imine (C=N–C) groups is 1. The molecule has 4 aromatic carbocycles. The first-order chi connectivity index (χ1) is 25.0. The lowest BCUT2D eigenvalue weighted by atomic mass is 9.73. The number of unbranched alkanes of at least 4 members (excludes halogenated alkanes) is 1. The van der Waals surface area contributed by atoms with Crippen molar-refractivity contribution in [2.24, 2.45) is 28.5 Å². The highest BCUT2D eigenvalue weighted by molar-refractivity contribution is 6.20. The predicted molar refractivity (Wildman–Crippen MR) is 196 cm³/mol. The van der Waals surface area contributed by atoms with Crippen LogP contribution in [0.5, 0.6) is 0 Å². The molecule has 1 saturated carbocycles. The van der Waals surface area contributed by atoms with E-state index in [-0.39, 0.29) is 6.54 Å². The molecule has 3 atom stereocenters. The van der Waals surface area contributed by atoms with Gasteiger partial charge in [-0.3, -0.25) is 14.4 Å². The maximum Gasteiger partial charge on any atom is 0.416 e. The number of halogens is 3. The van der Waals surface area contributed by atoms with E-state index < -0.39 is 47.5 Å². The van der Waals surface area contributed by atoms with Crippen molar-refractivity contribution < 1.29 is 27.6 Å². The molecule has 10 heteroatoms. The smallest absolute Gasteiger partial charge is 0.369 e. The van der Waals surface area contributed by atoms with Gasteiger partial charge < -0.3 is 16.0 Å². The Morgan fingerprint density at radius 2 is 1.58 bits per heavy atom. The van der Waals surface area contributed by atoms with Gasteiger partial charge in [0, 0.05) is 23.0 Å². The van der Waals surface area contributed by atoms with E-state index >= 15 is 0 Å². The molecule has 6 rings (SSSR count). The number of primary amides is 1. The third-order valence-corrected chi connectivity index (χ3v) is 10.2. The maximum atomic E-state index is 14.7. The fraction of sp³-hybridized carbons (Fsp3) is 0.333. The molecule has 3 N–H and O–H groups in total. The topological polar surface area (TPSA) is 105 Å². The van der Waals surface area contributed by atoms with Gasteiger partial charge in [-0.1, -0.05) is 118 Å². The van der Waals surface area contributed by atoms with Crippen molar-refractivity contribution in [3.63, 3.8) is 0 Å². The van der Waals surface area contributed by atoms with E-state index in [1.807, 2.05) is 73.7 Å². The Morgan fingerprint density at radius 3 is 2.23 bits per heavy atom. The molecule has 52 heavy (non-hydrogen) atoms. The molecule has 0 saturated heterocycles. The lowest BCUT2D eigenvalue weighted by Gasteiger charge is -2.33. The average molecular weight is 709 g/mol. The molecule has 7 nitrogen and oxygen atoms in total. The Morgan fingerprint density at radius 1 is 0.885 bits per heavy atom. The number of carbonyl (C=O) groups excluding carboxylic acids is 3. The molecule has 0 bridgehead atoms. The molecule has 1 aliphatic heterocycles. The fourth-order valence-electron chi connectivity index (χ4n) is 7.15. The van der Waals surface area contributed by atoms with Crippen LogP contribution in [0.2, 0.25) is 0 Å². The summed E-state index contributed by atoms with van der Waals surface area (Å²) in [5, 5.41) is 2.96. The van der Waals surface area contributed by atoms with E-state index in [4.69, 9.17) is 10.7 Å². The summed E-state index contributed by atoms with van der Waals surface area (Å²) in [6, 6.07) is 29.1. The van der Waals surface area contributed by atoms with Crippen molar-refractivity contribution in [2.75, 3.05) is 4.90 Å². The van der Waals surface area contributed by atoms with E-state index in [0.29, 0.717) is 46.8 Å². The van der Waals surface area contributed by atoms with Crippen molar-refractivity contribution in [3.8, 4) is 11.1 Å². The number of benzodiazepines with no additional fused rings is 1. The van der Waals surface area contributed by atoms with Crippen molar-refractivity contribution >= 4 is 29.1 Å². The van der Waals surface area contributed by atoms with Gasteiger partial charge >= 0.3 is 6.18 Å². The number of benzene rings is 4. The molecule has 0 spiro atoms. The maximum absolute atomic E-state index is 14.7. The Kier molecular flexibility index (Phi) is 11.2. The summed E-state index contributed by atoms with van der Waals surface area (Å²) >= 11 is 0. The predicted octanol–water partition coefficient (Wildman–Crippen LogP) is 8.30. The zero-order valence-corrected chi connectivity index (χ0v) is 29.1. The molecular formula is C42H43F3N4O3. The van der Waals surface area contributed by atoms with Crippen molar-refractivity contribution in [2.45, 2.75) is 70.8 Å². The minimum atomic E-state index is -4.44. The standard InChI is InChI=1S/C42H43F3N4O3/c1-2-3-17-33(38(46)50)35(25-27-11-9-12-27)40(51)48-39-41(52)49(36-19-8-7-18-34(36)37(47-39)30-14-5-4-6-15-30)26-28-13-10-16-31(24-28)29-20-22-32(23-21-29)42(43,44)45/h4-8,10,13-16,18-24,27,33,35,39H,2-3,9,11-12,17,25-26H2,1H3,(H2,46,50)(H,48,51)/t33-,35+,39?/m0/s1. The van der Waals surface area contributed by atoms with E-state index in [9.17, 15) is 27.6 Å². The van der Waals surface area contributed by atoms with Crippen molar-refractivity contribution in [1.82, 2.24) is 5.32 Å². The number of rotatable bonds is 13. The highest BCUT2D eigenvalue weighted by atomic mass is 19.4. The van der Waals surface area contributed by atoms with Gasteiger partial charge in [0.2, 0.25) is 18.0 Å². The molecule has 1 aliphatic carbocycles. The number of carbonyl (C=O) groups is 3. The molecule has 2 aliphatic rings. The van der Waals surface area contributed by atoms with Gasteiger partial charge in [0.05, 0.1) is 23.5 Å². The van der Waals surface area contributed by atoms with Crippen LogP contribution in [0, 0.1) is 17.8 Å². The molecular weight excluding hydrogens is 665 g/mol. The van der Waals surface area contributed by atoms with Gasteiger partial charge in [-0.15, -0.1) is 0 Å². The van der Waals surface area contributed by atoms with Crippen molar-refractivity contribution in [1.29, 1.82) is 0 Å². The quantitative estimate of drug-likeness (QED) is 0.146. The van der Waals surface area contributed by atoms with Crippen LogP contribution < -0.4 is 16.0 Å². The fourth-order valence-corrected chi connectivity index (χ4v) is 7.15. The molecule has 1 fully saturated rings. The first-order valence-corrected chi connectivity index (χ1v) is 17.9. The number of hydrogen-bond acceptors (Lipinski definition) is 4. The molecule has 1 heterocycles. The number of nitrogens with zero attached hydrogens (tertiary/aromatic N) is 2. The minimum Gasteiger partial charge on any atom is -0.369 e. The number of hydrogen-bond donors (Lipinski definition) is 2. The lowest BCUT2D eigenvalue weighted by molar-refractivity contribution is -0.137. The summed E-state index contributed by atoms with van der Waals surface area (Å²) in [6.07, 6.45) is -0.115. The average Bonchev–Trinajstić information content (AvgIpc) is 3.23. The lowest BCUT2D eigenvalue weighted by Crippen LogP contribution is -2.51. The Balaban J connectivity index is 1.37. The second-order valence-electron chi connectivity index (χ2n) is 13.8. The third kappa shape index (κ3) is 8.27. The number of nitrogens with one attached hydrogen (secondary N) is 1. The monoisotopic (exact) mass is 708 g/mol. The van der Waals surface area contributed by atoms with Crippen LogP contribution in [-0.2, 0) is 27.1 Å². The Hall–Kier alpha value is -5.25. The van der Waals surface area contributed by atoms with Crippen LogP contribution in [0.15, 0.2) is 108 Å². The van der Waals surface area contributed by atoms with Gasteiger partial charge in [-0.2, -0.15) is 13.2 Å². The van der Waals surface area contributed by atoms with Crippen molar-refractivity contribution in [3.05, 3.63) is 125 Å². The van der Waals surface area contributed by atoms with Crippen LogP contribution in [0.25, 0.3) is 11.1 Å². The van der Waals surface area contributed by atoms with Gasteiger partial charge in [-0.25, -0.2) is 4.99 Å².